The molecule has 1 atom stereocenters. The average molecular weight is 391 g/mol. The van der Waals surface area contributed by atoms with Crippen LogP contribution in [0.5, 0.6) is 0 Å². The van der Waals surface area contributed by atoms with E-state index in [0.29, 0.717) is 16.5 Å². The lowest BCUT2D eigenvalue weighted by atomic mass is 9.72. The van der Waals surface area contributed by atoms with E-state index in [2.05, 4.69) is 4.98 Å². The molecule has 28 heavy (non-hydrogen) atoms. The lowest BCUT2D eigenvalue weighted by molar-refractivity contribution is -0.266. The molecular weight excluding hydrogens is 370 g/mol. The summed E-state index contributed by atoms with van der Waals surface area (Å²) < 4.78 is 56.2. The van der Waals surface area contributed by atoms with Crippen molar-refractivity contribution >= 4 is 10.9 Å². The molecule has 0 aliphatic rings. The van der Waals surface area contributed by atoms with Crippen molar-refractivity contribution in [1.82, 2.24) is 4.98 Å². The number of halogens is 4. The third kappa shape index (κ3) is 3.87. The van der Waals surface area contributed by atoms with Gasteiger partial charge in [-0.1, -0.05) is 50.2 Å². The highest BCUT2D eigenvalue weighted by Crippen LogP contribution is 2.44. The molecule has 1 aromatic heterocycles. The first-order valence-electron chi connectivity index (χ1n) is 8.90. The molecule has 1 N–H and O–H groups in total. The molecule has 148 valence electrons. The molecule has 0 spiro atoms. The first-order valence-corrected chi connectivity index (χ1v) is 8.90. The third-order valence-electron chi connectivity index (χ3n) is 5.09. The highest BCUT2D eigenvalue weighted by molar-refractivity contribution is 5.81. The predicted molar refractivity (Wildman–Crippen MR) is 100 cm³/mol. The van der Waals surface area contributed by atoms with Crippen LogP contribution in [-0.2, 0) is 11.8 Å². The second-order valence-corrected chi connectivity index (χ2v) is 7.73. The predicted octanol–water partition coefficient (Wildman–Crippen LogP) is 5.58. The van der Waals surface area contributed by atoms with Crippen LogP contribution in [0.15, 0.2) is 60.8 Å². The first-order chi connectivity index (χ1) is 13.0. The van der Waals surface area contributed by atoms with Gasteiger partial charge < -0.3 is 5.11 Å². The van der Waals surface area contributed by atoms with Gasteiger partial charge in [0.1, 0.15) is 5.82 Å². The summed E-state index contributed by atoms with van der Waals surface area (Å²) in [5.41, 5.74) is -3.23. The number of hydrogen-bond donors (Lipinski definition) is 1. The Kier molecular flexibility index (Phi) is 5.19. The Hall–Kier alpha value is -2.47. The van der Waals surface area contributed by atoms with Gasteiger partial charge in [0, 0.05) is 18.0 Å². The summed E-state index contributed by atoms with van der Waals surface area (Å²) in [5, 5.41) is 11.3. The van der Waals surface area contributed by atoms with Crippen molar-refractivity contribution < 1.29 is 22.7 Å². The zero-order chi connectivity index (χ0) is 20.6. The molecule has 2 aromatic carbocycles. The normalized spacial score (nSPS) is 14.8. The Balaban J connectivity index is 2.03. The van der Waals surface area contributed by atoms with Crippen molar-refractivity contribution in [3.05, 3.63) is 77.7 Å². The standard InChI is InChI=1S/C22H21F4NO/c1-20(2,17-8-4-5-9-18(17)23)14-21(28,22(24,25)26)13-15-11-12-27-19-10-6-3-7-16(15)19/h3-12,28H,13-14H2,1-2H3. The minimum atomic E-state index is -4.89. The molecule has 0 radical (unpaired) electrons. The number of aromatic nitrogens is 1. The summed E-state index contributed by atoms with van der Waals surface area (Å²) in [5.74, 6) is -0.591. The molecule has 0 amide bonds. The number of para-hydroxylation sites is 1. The van der Waals surface area contributed by atoms with E-state index in [1.165, 1.54) is 44.3 Å². The lowest BCUT2D eigenvalue weighted by Crippen LogP contribution is -2.51. The van der Waals surface area contributed by atoms with Gasteiger partial charge >= 0.3 is 6.18 Å². The van der Waals surface area contributed by atoms with Gasteiger partial charge in [0.05, 0.1) is 5.52 Å². The molecule has 0 bridgehead atoms. The van der Waals surface area contributed by atoms with Gasteiger partial charge in [-0.15, -0.1) is 0 Å². The summed E-state index contributed by atoms with van der Waals surface area (Å²) in [6.45, 7) is 3.01. The second kappa shape index (κ2) is 7.17. The zero-order valence-electron chi connectivity index (χ0n) is 15.6. The van der Waals surface area contributed by atoms with Gasteiger partial charge in [-0.3, -0.25) is 4.98 Å². The highest BCUT2D eigenvalue weighted by atomic mass is 19.4. The van der Waals surface area contributed by atoms with E-state index in [1.54, 1.807) is 30.3 Å². The number of aliphatic hydroxyl groups is 1. The molecule has 1 unspecified atom stereocenters. The van der Waals surface area contributed by atoms with Crippen molar-refractivity contribution in [2.75, 3.05) is 0 Å². The van der Waals surface area contributed by atoms with E-state index in [9.17, 15) is 22.7 Å². The second-order valence-electron chi connectivity index (χ2n) is 7.73. The summed E-state index contributed by atoms with van der Waals surface area (Å²) in [4.78, 5) is 4.16. The van der Waals surface area contributed by atoms with Crippen LogP contribution in [0.25, 0.3) is 10.9 Å². The van der Waals surface area contributed by atoms with Crippen LogP contribution in [-0.4, -0.2) is 21.9 Å². The van der Waals surface area contributed by atoms with Crippen LogP contribution in [0.3, 0.4) is 0 Å². The topological polar surface area (TPSA) is 33.1 Å². The van der Waals surface area contributed by atoms with Crippen LogP contribution >= 0.6 is 0 Å². The number of hydrogen-bond acceptors (Lipinski definition) is 2. The van der Waals surface area contributed by atoms with Gasteiger partial charge in [0.2, 0.25) is 0 Å². The van der Waals surface area contributed by atoms with Crippen molar-refractivity contribution in [3.8, 4) is 0 Å². The van der Waals surface area contributed by atoms with Gasteiger partial charge in [0.25, 0.3) is 0 Å². The van der Waals surface area contributed by atoms with Crippen molar-refractivity contribution in [2.45, 2.75) is 43.9 Å². The molecule has 0 aliphatic heterocycles. The number of rotatable bonds is 5. The Labute approximate surface area is 160 Å². The van der Waals surface area contributed by atoms with E-state index < -0.39 is 35.9 Å². The van der Waals surface area contributed by atoms with Gasteiger partial charge in [0.15, 0.2) is 5.60 Å². The molecule has 2 nitrogen and oxygen atoms in total. The molecule has 0 aliphatic carbocycles. The van der Waals surface area contributed by atoms with Crippen LogP contribution in [0.4, 0.5) is 17.6 Å². The monoisotopic (exact) mass is 391 g/mol. The van der Waals surface area contributed by atoms with E-state index in [-0.39, 0.29) is 5.56 Å². The van der Waals surface area contributed by atoms with E-state index in [1.807, 2.05) is 0 Å². The van der Waals surface area contributed by atoms with Crippen molar-refractivity contribution in [2.24, 2.45) is 0 Å². The van der Waals surface area contributed by atoms with Crippen LogP contribution < -0.4 is 0 Å². The summed E-state index contributed by atoms with van der Waals surface area (Å²) in [6, 6.07) is 14.0. The molecule has 0 saturated heterocycles. The first kappa shape index (κ1) is 20.3. The molecule has 1 heterocycles. The number of alkyl halides is 3. The Morgan fingerprint density at radius 1 is 0.929 bits per heavy atom. The number of benzene rings is 2. The smallest absolute Gasteiger partial charge is 0.380 e. The Bertz CT molecular complexity index is 978. The van der Waals surface area contributed by atoms with E-state index in [0.717, 1.165) is 0 Å². The van der Waals surface area contributed by atoms with Gasteiger partial charge in [-0.25, -0.2) is 4.39 Å². The van der Waals surface area contributed by atoms with Gasteiger partial charge in [-0.05, 0) is 41.2 Å². The minimum Gasteiger partial charge on any atom is -0.380 e. The Morgan fingerprint density at radius 2 is 1.57 bits per heavy atom. The maximum Gasteiger partial charge on any atom is 0.417 e. The minimum absolute atomic E-state index is 0.136. The molecular formula is C22H21F4NO. The third-order valence-corrected chi connectivity index (χ3v) is 5.09. The molecule has 0 saturated carbocycles. The van der Waals surface area contributed by atoms with Crippen molar-refractivity contribution in [1.29, 1.82) is 0 Å². The van der Waals surface area contributed by atoms with E-state index >= 15 is 0 Å². The fourth-order valence-electron chi connectivity index (χ4n) is 3.72. The average Bonchev–Trinajstić information content (AvgIpc) is 2.61. The largest absolute Gasteiger partial charge is 0.417 e. The maximum atomic E-state index is 14.2. The van der Waals surface area contributed by atoms with E-state index in [4.69, 9.17) is 0 Å². The summed E-state index contributed by atoms with van der Waals surface area (Å²) >= 11 is 0. The fraction of sp³-hybridized carbons (Fsp3) is 0.318. The van der Waals surface area contributed by atoms with Crippen LogP contribution in [0, 0.1) is 5.82 Å². The molecule has 3 rings (SSSR count). The zero-order valence-corrected chi connectivity index (χ0v) is 15.6. The van der Waals surface area contributed by atoms with Gasteiger partial charge in [-0.2, -0.15) is 13.2 Å². The fourth-order valence-corrected chi connectivity index (χ4v) is 3.72. The van der Waals surface area contributed by atoms with Crippen LogP contribution in [0.1, 0.15) is 31.4 Å². The molecule has 0 fully saturated rings. The summed E-state index contributed by atoms with van der Waals surface area (Å²) in [6.07, 6.45) is -4.78. The maximum absolute atomic E-state index is 14.2. The quantitative estimate of drug-likeness (QED) is 0.576. The number of fused-ring (bicyclic) bond motifs is 1. The van der Waals surface area contributed by atoms with Crippen molar-refractivity contribution in [3.63, 3.8) is 0 Å². The SMILES string of the molecule is CC(C)(CC(O)(Cc1ccnc2ccccc12)C(F)(F)F)c1ccccc1F. The summed E-state index contributed by atoms with van der Waals surface area (Å²) in [7, 11) is 0. The molecule has 6 heteroatoms. The Morgan fingerprint density at radius 3 is 2.25 bits per heavy atom. The lowest BCUT2D eigenvalue weighted by Gasteiger charge is -2.38. The number of pyridine rings is 1. The molecule has 3 aromatic rings. The highest BCUT2D eigenvalue weighted by Gasteiger charge is 2.56. The van der Waals surface area contributed by atoms with Crippen LogP contribution in [0.2, 0.25) is 0 Å². The number of nitrogens with zero attached hydrogens (tertiary/aromatic N) is 1.